The Labute approximate surface area is 147 Å². The van der Waals surface area contributed by atoms with Crippen LogP contribution in [0.1, 0.15) is 16.1 Å². The Morgan fingerprint density at radius 3 is 2.88 bits per heavy atom. The van der Waals surface area contributed by atoms with Crippen molar-refractivity contribution < 1.29 is 9.72 Å². The van der Waals surface area contributed by atoms with E-state index in [2.05, 4.69) is 15.5 Å². The van der Waals surface area contributed by atoms with Crippen molar-refractivity contribution in [1.82, 2.24) is 19.6 Å². The van der Waals surface area contributed by atoms with Gasteiger partial charge in [0, 0.05) is 18.3 Å². The van der Waals surface area contributed by atoms with Crippen LogP contribution < -0.4 is 5.32 Å². The molecule has 0 saturated carbocycles. The quantitative estimate of drug-likeness (QED) is 0.555. The van der Waals surface area contributed by atoms with Gasteiger partial charge in [-0.2, -0.15) is 10.2 Å². The van der Waals surface area contributed by atoms with E-state index >= 15 is 0 Å². The number of anilines is 1. The van der Waals surface area contributed by atoms with E-state index in [0.717, 1.165) is 16.4 Å². The first-order valence-corrected chi connectivity index (χ1v) is 7.56. The Morgan fingerprint density at radius 2 is 2.16 bits per heavy atom. The summed E-state index contributed by atoms with van der Waals surface area (Å²) in [5, 5.41) is 22.1. The molecule has 3 aromatic rings. The molecule has 10 heteroatoms. The number of amides is 1. The standard InChI is InChI=1S/C15H13ClN6O3/c1-20-14(13(7-17-20)22(24)25)15(23)19-12-6-18-21(9-12)8-10-3-2-4-11(16)5-10/h2-7,9H,8H2,1H3,(H,19,23). The number of aryl methyl sites for hydroxylation is 1. The number of benzene rings is 1. The van der Waals surface area contributed by atoms with Crippen molar-refractivity contribution in [2.24, 2.45) is 7.05 Å². The second-order valence-electron chi connectivity index (χ2n) is 5.27. The molecule has 0 saturated heterocycles. The lowest BCUT2D eigenvalue weighted by atomic mass is 10.2. The largest absolute Gasteiger partial charge is 0.320 e. The zero-order valence-electron chi connectivity index (χ0n) is 13.1. The van der Waals surface area contributed by atoms with Crippen LogP contribution in [0.3, 0.4) is 0 Å². The van der Waals surface area contributed by atoms with Crippen LogP contribution in [0.2, 0.25) is 5.02 Å². The lowest BCUT2D eigenvalue weighted by molar-refractivity contribution is -0.385. The van der Waals surface area contributed by atoms with Crippen LogP contribution in [0.4, 0.5) is 11.4 Å². The summed E-state index contributed by atoms with van der Waals surface area (Å²) in [5.74, 6) is -0.631. The van der Waals surface area contributed by atoms with Crippen LogP contribution in [0.5, 0.6) is 0 Å². The predicted octanol–water partition coefficient (Wildman–Crippen LogP) is 2.48. The summed E-state index contributed by atoms with van der Waals surface area (Å²) in [7, 11) is 1.46. The van der Waals surface area contributed by atoms with Gasteiger partial charge in [0.05, 0.1) is 23.4 Å². The van der Waals surface area contributed by atoms with Crippen LogP contribution in [0.25, 0.3) is 0 Å². The Kier molecular flexibility index (Phi) is 4.48. The van der Waals surface area contributed by atoms with Gasteiger partial charge in [0.25, 0.3) is 5.91 Å². The minimum atomic E-state index is -0.648. The number of hydrogen-bond acceptors (Lipinski definition) is 5. The van der Waals surface area contributed by atoms with Gasteiger partial charge in [0.15, 0.2) is 0 Å². The van der Waals surface area contributed by atoms with E-state index in [1.807, 2.05) is 18.2 Å². The summed E-state index contributed by atoms with van der Waals surface area (Å²) < 4.78 is 2.78. The number of aromatic nitrogens is 4. The van der Waals surface area contributed by atoms with Crippen molar-refractivity contribution in [2.45, 2.75) is 6.54 Å². The smallest absolute Gasteiger partial charge is 0.318 e. The van der Waals surface area contributed by atoms with Gasteiger partial charge < -0.3 is 5.32 Å². The molecule has 0 spiro atoms. The lowest BCUT2D eigenvalue weighted by Gasteiger charge is -2.03. The summed E-state index contributed by atoms with van der Waals surface area (Å²) in [6.07, 6.45) is 4.13. The summed E-state index contributed by atoms with van der Waals surface area (Å²) in [4.78, 5) is 22.6. The topological polar surface area (TPSA) is 108 Å². The number of nitrogens with zero attached hydrogens (tertiary/aromatic N) is 5. The molecule has 25 heavy (non-hydrogen) atoms. The minimum absolute atomic E-state index is 0.132. The van der Waals surface area contributed by atoms with Crippen LogP contribution in [-0.2, 0) is 13.6 Å². The van der Waals surface area contributed by atoms with Crippen molar-refractivity contribution in [1.29, 1.82) is 0 Å². The Hall–Kier alpha value is -3.20. The fourth-order valence-corrected chi connectivity index (χ4v) is 2.56. The lowest BCUT2D eigenvalue weighted by Crippen LogP contribution is -2.17. The molecule has 3 rings (SSSR count). The molecule has 0 unspecified atom stereocenters. The highest BCUT2D eigenvalue weighted by Gasteiger charge is 2.25. The van der Waals surface area contributed by atoms with E-state index in [1.54, 1.807) is 16.9 Å². The zero-order chi connectivity index (χ0) is 18.0. The predicted molar refractivity (Wildman–Crippen MR) is 90.6 cm³/mol. The molecule has 0 radical (unpaired) electrons. The number of carbonyl (C=O) groups is 1. The van der Waals surface area contributed by atoms with Gasteiger partial charge in [-0.15, -0.1) is 0 Å². The molecule has 2 heterocycles. The van der Waals surface area contributed by atoms with Crippen molar-refractivity contribution >= 4 is 28.9 Å². The normalized spacial score (nSPS) is 10.6. The SMILES string of the molecule is Cn1ncc([N+](=O)[O-])c1C(=O)Nc1cnn(Cc2cccc(Cl)c2)c1. The summed E-state index contributed by atoms with van der Waals surface area (Å²) in [5.41, 5.74) is 0.886. The highest BCUT2D eigenvalue weighted by molar-refractivity contribution is 6.30. The van der Waals surface area contributed by atoms with E-state index in [-0.39, 0.29) is 11.4 Å². The number of carbonyl (C=O) groups excluding carboxylic acids is 1. The Morgan fingerprint density at radius 1 is 1.36 bits per heavy atom. The molecule has 0 atom stereocenters. The molecule has 1 aromatic carbocycles. The van der Waals surface area contributed by atoms with Gasteiger partial charge in [0.2, 0.25) is 5.69 Å². The molecular weight excluding hydrogens is 348 g/mol. The van der Waals surface area contributed by atoms with Gasteiger partial charge in [-0.3, -0.25) is 24.3 Å². The third kappa shape index (κ3) is 3.66. The molecule has 1 N–H and O–H groups in total. The fourth-order valence-electron chi connectivity index (χ4n) is 2.35. The average molecular weight is 361 g/mol. The third-order valence-corrected chi connectivity index (χ3v) is 3.69. The average Bonchev–Trinajstić information content (AvgIpc) is 3.14. The van der Waals surface area contributed by atoms with Crippen molar-refractivity contribution in [2.75, 3.05) is 5.32 Å². The first-order valence-electron chi connectivity index (χ1n) is 7.18. The molecule has 128 valence electrons. The number of nitrogens with one attached hydrogen (secondary N) is 1. The summed E-state index contributed by atoms with van der Waals surface area (Å²) in [6.45, 7) is 0.474. The molecule has 0 fully saturated rings. The molecule has 0 aliphatic carbocycles. The van der Waals surface area contributed by atoms with Crippen LogP contribution in [0, 0.1) is 10.1 Å². The molecule has 0 aliphatic heterocycles. The number of nitro groups is 1. The molecule has 0 bridgehead atoms. The second kappa shape index (κ2) is 6.73. The second-order valence-corrected chi connectivity index (χ2v) is 5.71. The van der Waals surface area contributed by atoms with E-state index < -0.39 is 10.8 Å². The maximum atomic E-state index is 12.3. The van der Waals surface area contributed by atoms with E-state index in [1.165, 1.54) is 13.2 Å². The van der Waals surface area contributed by atoms with Crippen LogP contribution in [-0.4, -0.2) is 30.4 Å². The fraction of sp³-hybridized carbons (Fsp3) is 0.133. The molecular formula is C15H13ClN6O3. The number of hydrogen-bond donors (Lipinski definition) is 1. The van der Waals surface area contributed by atoms with Crippen molar-refractivity contribution in [3.8, 4) is 0 Å². The van der Waals surface area contributed by atoms with Gasteiger partial charge in [-0.1, -0.05) is 23.7 Å². The first kappa shape index (κ1) is 16.7. The third-order valence-electron chi connectivity index (χ3n) is 3.46. The van der Waals surface area contributed by atoms with Crippen LogP contribution >= 0.6 is 11.6 Å². The maximum Gasteiger partial charge on any atom is 0.320 e. The minimum Gasteiger partial charge on any atom is -0.318 e. The summed E-state index contributed by atoms with van der Waals surface area (Å²) >= 11 is 5.95. The molecule has 1 amide bonds. The van der Waals surface area contributed by atoms with E-state index in [4.69, 9.17) is 11.6 Å². The van der Waals surface area contributed by atoms with Crippen molar-refractivity contribution in [3.05, 3.63) is 69.3 Å². The number of rotatable bonds is 5. The maximum absolute atomic E-state index is 12.3. The zero-order valence-corrected chi connectivity index (χ0v) is 13.8. The van der Waals surface area contributed by atoms with E-state index in [9.17, 15) is 14.9 Å². The van der Waals surface area contributed by atoms with Gasteiger partial charge in [0.1, 0.15) is 6.20 Å². The molecule has 9 nitrogen and oxygen atoms in total. The highest BCUT2D eigenvalue weighted by Crippen LogP contribution is 2.19. The Balaban J connectivity index is 1.74. The monoisotopic (exact) mass is 360 g/mol. The van der Waals surface area contributed by atoms with Crippen molar-refractivity contribution in [3.63, 3.8) is 0 Å². The first-order chi connectivity index (χ1) is 11.9. The number of halogens is 1. The van der Waals surface area contributed by atoms with Gasteiger partial charge >= 0.3 is 5.69 Å². The van der Waals surface area contributed by atoms with Gasteiger partial charge in [-0.25, -0.2) is 0 Å². The van der Waals surface area contributed by atoms with Crippen LogP contribution in [0.15, 0.2) is 42.9 Å². The highest BCUT2D eigenvalue weighted by atomic mass is 35.5. The summed E-state index contributed by atoms with van der Waals surface area (Å²) in [6, 6.07) is 7.34. The molecule has 2 aromatic heterocycles. The van der Waals surface area contributed by atoms with E-state index in [0.29, 0.717) is 17.3 Å². The Bertz CT molecular complexity index is 948. The van der Waals surface area contributed by atoms with Gasteiger partial charge in [-0.05, 0) is 17.7 Å². The molecule has 0 aliphatic rings.